The number of nitrogen functional groups attached to an aromatic ring is 2. The van der Waals surface area contributed by atoms with E-state index in [-0.39, 0.29) is 34.1 Å². The molecule has 3 aliphatic rings. The Bertz CT molecular complexity index is 1960. The highest BCUT2D eigenvalue weighted by atomic mass is 31.2. The number of hydrogen-bond donors (Lipinski definition) is 4. The van der Waals surface area contributed by atoms with Crippen molar-refractivity contribution in [1.29, 1.82) is 0 Å². The number of phosphoric acid groups is 1. The van der Waals surface area contributed by atoms with Gasteiger partial charge in [-0.25, -0.2) is 28.9 Å². The summed E-state index contributed by atoms with van der Waals surface area (Å²) in [5, 5.41) is 0. The Balaban J connectivity index is 1.22. The van der Waals surface area contributed by atoms with Crippen molar-refractivity contribution in [1.82, 2.24) is 39.0 Å². The van der Waals surface area contributed by atoms with Gasteiger partial charge in [-0.3, -0.25) is 32.5 Å². The number of hydrogen-bond acceptors (Lipinski definition) is 17. The van der Waals surface area contributed by atoms with E-state index in [9.17, 15) is 18.8 Å². The predicted molar refractivity (Wildman–Crippen MR) is 153 cm³/mol. The van der Waals surface area contributed by atoms with E-state index in [2.05, 4.69) is 29.9 Å². The van der Waals surface area contributed by atoms with Gasteiger partial charge in [0.15, 0.2) is 41.3 Å². The van der Waals surface area contributed by atoms with Gasteiger partial charge in [-0.05, 0) is 0 Å². The molecule has 21 nitrogen and oxygen atoms in total. The molecule has 6 N–H and O–H groups in total. The number of imidazole rings is 2. The average molecular weight is 686 g/mol. The van der Waals surface area contributed by atoms with Crippen LogP contribution in [0.5, 0.6) is 0 Å². The number of rotatable bonds is 3. The standard InChI is InChI=1S/C21H26BFN10O11P2/c1-38-13-8-3-40-46(36,37)44-12-7(41-19(9(12)23)32-5-28-10-15(24)26-4-27-16(10)32)2-39-45(22,35)43-14(13)20(42-8)33-6-29-11-17(33)30-21(25)31-18(11)34/h4-9,12-14,19-20H,2-3,22H2,1H3,(H,36,37)(H2,24,26,27)(H3,25,30,31,34)/t7?,8?,9?,12-,13-,14?,19+,20+,45-/m0/s1. The molecule has 3 fully saturated rings. The molecule has 7 heterocycles. The molecule has 7 rings (SSSR count). The molecule has 10 atom stereocenters. The van der Waals surface area contributed by atoms with Crippen LogP contribution in [0.25, 0.3) is 22.3 Å². The van der Waals surface area contributed by atoms with Gasteiger partial charge in [0.1, 0.15) is 42.4 Å². The summed E-state index contributed by atoms with van der Waals surface area (Å²) in [6, 6.07) is 0. The van der Waals surface area contributed by atoms with E-state index in [4.69, 9.17) is 43.8 Å². The highest BCUT2D eigenvalue weighted by molar-refractivity contribution is 7.79. The molecule has 25 heteroatoms. The highest BCUT2D eigenvalue weighted by Gasteiger charge is 2.54. The van der Waals surface area contributed by atoms with Crippen molar-refractivity contribution in [3.8, 4) is 0 Å². The van der Waals surface area contributed by atoms with Crippen LogP contribution in [0.1, 0.15) is 12.5 Å². The first kappa shape index (κ1) is 31.2. The number of nitrogens with one attached hydrogen (secondary N) is 1. The fraction of sp³-hybridized carbons (Fsp3) is 0.524. The molecule has 0 aliphatic carbocycles. The molecule has 0 spiro atoms. The second kappa shape index (κ2) is 11.4. The molecular formula is C21H26BFN10O11P2. The van der Waals surface area contributed by atoms with E-state index in [1.54, 1.807) is 0 Å². The van der Waals surface area contributed by atoms with Crippen molar-refractivity contribution in [2.45, 2.75) is 49.1 Å². The summed E-state index contributed by atoms with van der Waals surface area (Å²) in [5.41, 5.74) is 11.2. The van der Waals surface area contributed by atoms with Gasteiger partial charge >= 0.3 is 7.82 Å². The number of aromatic nitrogens is 8. The Morgan fingerprint density at radius 1 is 1.00 bits per heavy atom. The third-order valence-electron chi connectivity index (χ3n) is 7.65. The number of nitrogens with zero attached hydrogens (tertiary/aromatic N) is 7. The predicted octanol–water partition coefficient (Wildman–Crippen LogP) is -1.07. The van der Waals surface area contributed by atoms with Crippen LogP contribution in [0.4, 0.5) is 16.2 Å². The van der Waals surface area contributed by atoms with Gasteiger partial charge in [-0.15, -0.1) is 0 Å². The van der Waals surface area contributed by atoms with Crippen LogP contribution in [0, 0.1) is 0 Å². The number of aromatic amines is 1. The van der Waals surface area contributed by atoms with Crippen molar-refractivity contribution in [2.24, 2.45) is 0 Å². The number of fused-ring (bicyclic) bond motifs is 5. The maximum Gasteiger partial charge on any atom is 0.472 e. The molecule has 0 amide bonds. The second-order valence-electron chi connectivity index (χ2n) is 10.6. The Morgan fingerprint density at radius 3 is 2.46 bits per heavy atom. The minimum atomic E-state index is -5.04. The summed E-state index contributed by atoms with van der Waals surface area (Å²) < 4.78 is 85.1. The lowest BCUT2D eigenvalue weighted by molar-refractivity contribution is -0.0631. The summed E-state index contributed by atoms with van der Waals surface area (Å²) in [4.78, 5) is 45.6. The molecule has 4 aromatic heterocycles. The number of nitrogens with two attached hydrogens (primary N) is 2. The van der Waals surface area contributed by atoms with Crippen molar-refractivity contribution in [2.75, 3.05) is 31.8 Å². The van der Waals surface area contributed by atoms with Gasteiger partial charge in [0.2, 0.25) is 5.95 Å². The number of phosphoric ester groups is 1. The zero-order chi connectivity index (χ0) is 32.5. The fourth-order valence-corrected chi connectivity index (χ4v) is 7.74. The first-order valence-electron chi connectivity index (χ1n) is 13.5. The van der Waals surface area contributed by atoms with Crippen LogP contribution < -0.4 is 17.0 Å². The molecule has 4 aromatic rings. The number of anilines is 2. The van der Waals surface area contributed by atoms with Gasteiger partial charge in [-0.1, -0.05) is 0 Å². The Hall–Kier alpha value is -3.37. The molecule has 46 heavy (non-hydrogen) atoms. The van der Waals surface area contributed by atoms with E-state index in [1.165, 1.54) is 28.9 Å². The molecule has 0 saturated carbocycles. The van der Waals surface area contributed by atoms with Gasteiger partial charge < -0.3 is 39.6 Å². The first-order valence-corrected chi connectivity index (χ1v) is 17.0. The smallest absolute Gasteiger partial charge is 0.382 e. The Morgan fingerprint density at radius 2 is 1.70 bits per heavy atom. The van der Waals surface area contributed by atoms with E-state index in [0.29, 0.717) is 0 Å². The molecule has 246 valence electrons. The molecule has 5 unspecified atom stereocenters. The summed E-state index contributed by atoms with van der Waals surface area (Å²) in [5.74, 6) is -0.172. The van der Waals surface area contributed by atoms with Gasteiger partial charge in [0.05, 0.1) is 25.9 Å². The second-order valence-corrected chi connectivity index (χ2v) is 14.0. The molecule has 3 saturated heterocycles. The number of halogens is 1. The van der Waals surface area contributed by atoms with Crippen molar-refractivity contribution < 1.29 is 50.7 Å². The minimum Gasteiger partial charge on any atom is -0.382 e. The maximum atomic E-state index is 16.0. The zero-order valence-corrected chi connectivity index (χ0v) is 25.6. The summed E-state index contributed by atoms with van der Waals surface area (Å²) in [7, 11) is -6.67. The lowest BCUT2D eigenvalue weighted by Gasteiger charge is -2.28. The maximum absolute atomic E-state index is 16.0. The van der Waals surface area contributed by atoms with Crippen molar-refractivity contribution >= 4 is 57.0 Å². The van der Waals surface area contributed by atoms with Gasteiger partial charge in [0.25, 0.3) is 20.6 Å². The zero-order valence-electron chi connectivity index (χ0n) is 23.9. The van der Waals surface area contributed by atoms with Gasteiger partial charge in [-0.2, -0.15) is 4.98 Å². The van der Waals surface area contributed by atoms with Gasteiger partial charge in [0, 0.05) is 7.11 Å². The molecule has 0 aromatic carbocycles. The van der Waals surface area contributed by atoms with Crippen LogP contribution in [0.2, 0.25) is 0 Å². The largest absolute Gasteiger partial charge is 0.472 e. The fourth-order valence-electron chi connectivity index (χ4n) is 5.64. The van der Waals surface area contributed by atoms with E-state index in [0.717, 1.165) is 13.9 Å². The topological polar surface area (TPSA) is 278 Å². The highest BCUT2D eigenvalue weighted by Crippen LogP contribution is 2.54. The summed E-state index contributed by atoms with van der Waals surface area (Å²) >= 11 is 0. The number of ether oxygens (including phenoxy) is 3. The Kier molecular flexibility index (Phi) is 7.75. The minimum absolute atomic E-state index is 0.00156. The number of H-pyrrole nitrogens is 1. The van der Waals surface area contributed by atoms with Crippen LogP contribution in [0.15, 0.2) is 23.8 Å². The molecule has 2 bridgehead atoms. The Labute approximate surface area is 257 Å². The lowest BCUT2D eigenvalue weighted by atomic mass is 10.1. The first-order chi connectivity index (χ1) is 21.9. The normalized spacial score (nSPS) is 37.1. The summed E-state index contributed by atoms with van der Waals surface area (Å²) in [6.45, 7) is -1.26. The molecule has 3 aliphatic heterocycles. The monoisotopic (exact) mass is 686 g/mol. The van der Waals surface area contributed by atoms with Crippen LogP contribution in [-0.4, -0.2) is 109 Å². The van der Waals surface area contributed by atoms with Crippen molar-refractivity contribution in [3.63, 3.8) is 0 Å². The van der Waals surface area contributed by atoms with Crippen LogP contribution >= 0.6 is 15.3 Å². The average Bonchev–Trinajstić information content (AvgIpc) is 3.75. The third-order valence-corrected chi connectivity index (χ3v) is 9.88. The van der Waals surface area contributed by atoms with Crippen LogP contribution in [-0.2, 0) is 41.4 Å². The SMILES string of the molecule is B[P@]1(=O)OCC2O[C@@H](n3cnc4c(N)ncnc43)C(F)[C@H]2OP(=O)(O)OCC2O[C@@H](n3cnc4c(=O)[nH]c(N)nc43)C(O1)[C@H]2OC. The molecule has 0 radical (unpaired) electrons. The number of methoxy groups -OCH3 is 1. The van der Waals surface area contributed by atoms with E-state index in [1.807, 2.05) is 0 Å². The quantitative estimate of drug-likeness (QED) is 0.147. The number of alkyl halides is 1. The summed E-state index contributed by atoms with van der Waals surface area (Å²) in [6.07, 6.45) is -7.88. The lowest BCUT2D eigenvalue weighted by Crippen LogP contribution is -2.37. The van der Waals surface area contributed by atoms with Crippen molar-refractivity contribution in [3.05, 3.63) is 29.3 Å². The molecular weight excluding hydrogens is 660 g/mol. The van der Waals surface area contributed by atoms with E-state index < -0.39 is 83.2 Å². The third kappa shape index (κ3) is 5.41. The van der Waals surface area contributed by atoms with E-state index >= 15 is 4.39 Å². The van der Waals surface area contributed by atoms with Crippen LogP contribution in [0.3, 0.4) is 0 Å².